The van der Waals surface area contributed by atoms with Crippen LogP contribution in [0.4, 0.5) is 0 Å². The van der Waals surface area contributed by atoms with E-state index in [2.05, 4.69) is 18.8 Å². The van der Waals surface area contributed by atoms with Crippen molar-refractivity contribution in [3.05, 3.63) is 87.2 Å². The van der Waals surface area contributed by atoms with E-state index in [1.807, 2.05) is 24.3 Å². The van der Waals surface area contributed by atoms with Crippen molar-refractivity contribution < 1.29 is 19.4 Å². The van der Waals surface area contributed by atoms with Crippen LogP contribution in [0.1, 0.15) is 43.0 Å². The molecule has 7 heteroatoms. The van der Waals surface area contributed by atoms with Crippen molar-refractivity contribution in [1.29, 1.82) is 0 Å². The molecule has 1 atom stereocenters. The minimum atomic E-state index is -1.44. The summed E-state index contributed by atoms with van der Waals surface area (Å²) in [4.78, 5) is 17.0. The van der Waals surface area contributed by atoms with Crippen molar-refractivity contribution in [2.24, 2.45) is 5.92 Å². The molecule has 0 saturated carbocycles. The van der Waals surface area contributed by atoms with E-state index in [9.17, 15) is 9.90 Å². The quantitative estimate of drug-likeness (QED) is 0.327. The molecular formula is C28H29Cl2NO4. The molecule has 0 saturated heterocycles. The number of hydrogen-bond donors (Lipinski definition) is 1. The molecule has 3 aromatic rings. The highest BCUT2D eigenvalue weighted by Crippen LogP contribution is 2.44. The minimum absolute atomic E-state index is 0.315. The van der Waals surface area contributed by atoms with Crippen LogP contribution in [0, 0.1) is 5.92 Å². The number of pyridine rings is 1. The maximum Gasteiger partial charge on any atom is 0.318 e. The van der Waals surface area contributed by atoms with Crippen molar-refractivity contribution in [3.63, 3.8) is 0 Å². The van der Waals surface area contributed by atoms with Crippen molar-refractivity contribution >= 4 is 40.8 Å². The predicted octanol–water partition coefficient (Wildman–Crippen LogP) is 7.19. The Kier molecular flexibility index (Phi) is 8.47. The maximum atomic E-state index is 13.0. The average molecular weight is 514 g/mol. The van der Waals surface area contributed by atoms with Gasteiger partial charge in [0.05, 0.1) is 24.3 Å². The van der Waals surface area contributed by atoms with E-state index >= 15 is 0 Å². The summed E-state index contributed by atoms with van der Waals surface area (Å²) in [6.07, 6.45) is 5.57. The Hall–Kier alpha value is -3.02. The van der Waals surface area contributed by atoms with Crippen LogP contribution in [-0.2, 0) is 16.6 Å². The van der Waals surface area contributed by atoms with E-state index in [0.29, 0.717) is 49.7 Å². The molecule has 0 aliphatic heterocycles. The number of carbonyl (C=O) groups is 1. The topological polar surface area (TPSA) is 68.7 Å². The molecule has 0 spiro atoms. The number of hydrogen-bond acceptors (Lipinski definition) is 4. The Morgan fingerprint density at radius 3 is 2.14 bits per heavy atom. The lowest BCUT2D eigenvalue weighted by Crippen LogP contribution is -2.34. The lowest BCUT2D eigenvalue weighted by atomic mass is 9.72. The van der Waals surface area contributed by atoms with Gasteiger partial charge in [0.2, 0.25) is 0 Å². The van der Waals surface area contributed by atoms with Crippen LogP contribution in [0.5, 0.6) is 11.5 Å². The fraction of sp³-hybridized carbons (Fsp3) is 0.286. The number of rotatable bonds is 9. The molecule has 1 aromatic heterocycles. The van der Waals surface area contributed by atoms with Crippen LogP contribution in [0.2, 0.25) is 10.0 Å². The van der Waals surface area contributed by atoms with Crippen LogP contribution < -0.4 is 9.47 Å². The summed E-state index contributed by atoms with van der Waals surface area (Å²) >= 11 is 12.9. The summed E-state index contributed by atoms with van der Waals surface area (Å²) in [5.41, 5.74) is 1.93. The molecule has 2 aromatic carbocycles. The smallest absolute Gasteiger partial charge is 0.318 e. The molecule has 35 heavy (non-hydrogen) atoms. The zero-order valence-electron chi connectivity index (χ0n) is 20.4. The van der Waals surface area contributed by atoms with Gasteiger partial charge in [0.15, 0.2) is 11.5 Å². The van der Waals surface area contributed by atoms with E-state index in [1.165, 1.54) is 19.5 Å². The highest BCUT2D eigenvalue weighted by molar-refractivity contribution is 6.37. The zero-order valence-corrected chi connectivity index (χ0v) is 21.9. The molecule has 0 unspecified atom stereocenters. The maximum absolute atomic E-state index is 13.0. The Bertz CT molecular complexity index is 1220. The van der Waals surface area contributed by atoms with Crippen molar-refractivity contribution in [2.75, 3.05) is 14.2 Å². The van der Waals surface area contributed by atoms with Crippen LogP contribution >= 0.6 is 23.2 Å². The second kappa shape index (κ2) is 11.1. The van der Waals surface area contributed by atoms with E-state index < -0.39 is 11.4 Å². The van der Waals surface area contributed by atoms with Gasteiger partial charge in [-0.2, -0.15) is 0 Å². The first kappa shape index (κ1) is 26.6. The number of methoxy groups -OCH3 is 2. The van der Waals surface area contributed by atoms with Crippen molar-refractivity contribution in [2.45, 2.75) is 32.6 Å². The number of aromatic nitrogens is 1. The highest BCUT2D eigenvalue weighted by atomic mass is 35.5. The van der Waals surface area contributed by atoms with Crippen molar-refractivity contribution in [1.82, 2.24) is 4.98 Å². The third-order valence-electron chi connectivity index (χ3n) is 6.02. The first-order valence-corrected chi connectivity index (χ1v) is 11.9. The van der Waals surface area contributed by atoms with E-state index in [4.69, 9.17) is 32.7 Å². The molecule has 0 amide bonds. The Labute approximate surface area is 216 Å². The summed E-state index contributed by atoms with van der Waals surface area (Å²) in [7, 11) is 3.08. The number of halogens is 2. The fourth-order valence-corrected chi connectivity index (χ4v) is 4.54. The summed E-state index contributed by atoms with van der Waals surface area (Å²) < 4.78 is 10.9. The van der Waals surface area contributed by atoms with E-state index in [0.717, 1.165) is 12.0 Å². The SMILES string of the molecule is COc1ccc(/C(=C/c2c(Cl)cncc2Cl)[C@@](C)(C(=O)O)c2ccc(CC(C)C)cc2)cc1OC. The predicted molar refractivity (Wildman–Crippen MR) is 142 cm³/mol. The summed E-state index contributed by atoms with van der Waals surface area (Å²) in [6, 6.07) is 13.0. The van der Waals surface area contributed by atoms with Crippen LogP contribution in [0.15, 0.2) is 54.9 Å². The van der Waals surface area contributed by atoms with Crippen molar-refractivity contribution in [3.8, 4) is 11.5 Å². The van der Waals surface area contributed by atoms with Gasteiger partial charge in [0.25, 0.3) is 0 Å². The van der Waals surface area contributed by atoms with Gasteiger partial charge in [-0.3, -0.25) is 9.78 Å². The van der Waals surface area contributed by atoms with Gasteiger partial charge in [0, 0.05) is 18.0 Å². The first-order chi connectivity index (χ1) is 16.6. The lowest BCUT2D eigenvalue weighted by molar-refractivity contribution is -0.140. The number of ether oxygens (including phenoxy) is 2. The van der Waals surface area contributed by atoms with Gasteiger partial charge in [-0.1, -0.05) is 67.4 Å². The molecule has 0 radical (unpaired) electrons. The number of carboxylic acid groups (broad SMARTS) is 1. The molecule has 0 bridgehead atoms. The molecular weight excluding hydrogens is 485 g/mol. The molecule has 1 N–H and O–H groups in total. The molecule has 0 fully saturated rings. The summed E-state index contributed by atoms with van der Waals surface area (Å²) in [5.74, 6) is 0.481. The third-order valence-corrected chi connectivity index (χ3v) is 6.62. The number of aliphatic carboxylic acids is 1. The second-order valence-corrected chi connectivity index (χ2v) is 9.68. The van der Waals surface area contributed by atoms with Crippen LogP contribution in [0.25, 0.3) is 11.6 Å². The van der Waals surface area contributed by atoms with E-state index in [-0.39, 0.29) is 0 Å². The highest BCUT2D eigenvalue weighted by Gasteiger charge is 2.40. The van der Waals surface area contributed by atoms with Gasteiger partial charge in [-0.15, -0.1) is 0 Å². The van der Waals surface area contributed by atoms with Gasteiger partial charge in [-0.05, 0) is 59.7 Å². The molecule has 5 nitrogen and oxygen atoms in total. The molecule has 1 heterocycles. The minimum Gasteiger partial charge on any atom is -0.493 e. The standard InChI is InChI=1S/C28H29Cl2NO4/c1-17(2)12-18-6-9-20(10-7-18)28(3,27(32)33)22(14-21-23(29)15-31-16-24(21)30)19-8-11-25(34-4)26(13-19)35-5/h6-11,13-17H,12H2,1-5H3,(H,32,33)/b22-14-/t28-/m0/s1. The zero-order chi connectivity index (χ0) is 25.8. The molecule has 3 rings (SSSR count). The molecule has 0 aliphatic rings. The summed E-state index contributed by atoms with van der Waals surface area (Å²) in [5, 5.41) is 11.2. The fourth-order valence-electron chi connectivity index (χ4n) is 4.06. The van der Waals surface area contributed by atoms with E-state index in [1.54, 1.807) is 38.3 Å². The Morgan fingerprint density at radius 2 is 1.63 bits per heavy atom. The van der Waals surface area contributed by atoms with Gasteiger partial charge < -0.3 is 14.6 Å². The van der Waals surface area contributed by atoms with Crippen LogP contribution in [0.3, 0.4) is 0 Å². The first-order valence-electron chi connectivity index (χ1n) is 11.2. The van der Waals surface area contributed by atoms with Crippen LogP contribution in [-0.4, -0.2) is 30.3 Å². The summed E-state index contributed by atoms with van der Waals surface area (Å²) in [6.45, 7) is 5.98. The molecule has 184 valence electrons. The Morgan fingerprint density at radius 1 is 1.03 bits per heavy atom. The monoisotopic (exact) mass is 513 g/mol. The third kappa shape index (κ3) is 5.63. The average Bonchev–Trinajstić information content (AvgIpc) is 2.83. The lowest BCUT2D eigenvalue weighted by Gasteiger charge is -2.30. The van der Waals surface area contributed by atoms with Gasteiger partial charge >= 0.3 is 5.97 Å². The molecule has 0 aliphatic carbocycles. The number of nitrogens with zero attached hydrogens (tertiary/aromatic N) is 1. The van der Waals surface area contributed by atoms with Gasteiger partial charge in [-0.25, -0.2) is 0 Å². The largest absolute Gasteiger partial charge is 0.493 e. The van der Waals surface area contributed by atoms with Gasteiger partial charge in [0.1, 0.15) is 5.41 Å². The Balaban J connectivity index is 2.31. The normalized spacial score (nSPS) is 13.4. The second-order valence-electron chi connectivity index (χ2n) is 8.87. The number of benzene rings is 2. The number of carboxylic acids is 1.